The van der Waals surface area contributed by atoms with Gasteiger partial charge in [0.15, 0.2) is 0 Å². The Balaban J connectivity index is 1.78. The van der Waals surface area contributed by atoms with Gasteiger partial charge in [-0.05, 0) is 42.5 Å². The lowest BCUT2D eigenvalue weighted by molar-refractivity contribution is 0.415. The first-order valence-electron chi connectivity index (χ1n) is 8.50. The normalized spacial score (nSPS) is 12.2. The number of nitrogens with zero attached hydrogens (tertiary/aromatic N) is 1. The van der Waals surface area contributed by atoms with E-state index < -0.39 is 20.0 Å². The Morgan fingerprint density at radius 1 is 1.10 bits per heavy atom. The van der Waals surface area contributed by atoms with E-state index >= 15 is 0 Å². The molecule has 0 fully saturated rings. The van der Waals surface area contributed by atoms with Crippen LogP contribution < -0.4 is 13.8 Å². The minimum Gasteiger partial charge on any atom is -0.497 e. The fourth-order valence-corrected chi connectivity index (χ4v) is 5.36. The van der Waals surface area contributed by atoms with E-state index in [1.165, 1.54) is 13.3 Å². The number of rotatable bonds is 8. The van der Waals surface area contributed by atoms with Crippen molar-refractivity contribution in [2.45, 2.75) is 4.90 Å². The molecule has 0 saturated heterocycles. The molecule has 1 heterocycles. The van der Waals surface area contributed by atoms with Crippen LogP contribution in [-0.4, -0.2) is 48.3 Å². The van der Waals surface area contributed by atoms with Gasteiger partial charge >= 0.3 is 0 Å². The number of methoxy groups -OCH3 is 1. The number of halogens is 1. The van der Waals surface area contributed by atoms with Crippen molar-refractivity contribution in [1.29, 1.82) is 0 Å². The number of benzene rings is 2. The molecule has 0 aliphatic heterocycles. The van der Waals surface area contributed by atoms with Crippen LogP contribution >= 0.6 is 15.9 Å². The van der Waals surface area contributed by atoms with E-state index in [-0.39, 0.29) is 18.0 Å². The minimum atomic E-state index is -3.84. The number of sulfonamides is 2. The summed E-state index contributed by atoms with van der Waals surface area (Å²) < 4.78 is 59.3. The van der Waals surface area contributed by atoms with Gasteiger partial charge < -0.3 is 9.72 Å². The molecule has 29 heavy (non-hydrogen) atoms. The molecular weight excluding hydrogens is 482 g/mol. The molecule has 156 valence electrons. The van der Waals surface area contributed by atoms with Crippen LogP contribution in [0.4, 0.5) is 5.69 Å². The lowest BCUT2D eigenvalue weighted by Gasteiger charge is -2.22. The quantitative estimate of drug-likeness (QED) is 0.493. The molecule has 11 heteroatoms. The Morgan fingerprint density at radius 2 is 1.79 bits per heavy atom. The number of hydrogen-bond donors (Lipinski definition) is 2. The van der Waals surface area contributed by atoms with Crippen molar-refractivity contribution in [1.82, 2.24) is 9.71 Å². The first-order valence-corrected chi connectivity index (χ1v) is 12.6. The van der Waals surface area contributed by atoms with Crippen molar-refractivity contribution in [2.24, 2.45) is 0 Å². The molecule has 1 aromatic heterocycles. The predicted molar refractivity (Wildman–Crippen MR) is 116 cm³/mol. The number of hydrogen-bond acceptors (Lipinski definition) is 5. The van der Waals surface area contributed by atoms with E-state index in [0.717, 1.165) is 15.0 Å². The molecule has 8 nitrogen and oxygen atoms in total. The number of ether oxygens (including phenoxy) is 1. The maximum atomic E-state index is 12.7. The third kappa shape index (κ3) is 4.92. The van der Waals surface area contributed by atoms with E-state index in [2.05, 4.69) is 25.6 Å². The highest BCUT2D eigenvalue weighted by molar-refractivity contribution is 9.10. The molecule has 0 unspecified atom stereocenters. The van der Waals surface area contributed by atoms with Gasteiger partial charge in [0, 0.05) is 34.7 Å². The highest BCUT2D eigenvalue weighted by Gasteiger charge is 2.21. The number of fused-ring (bicyclic) bond motifs is 1. The van der Waals surface area contributed by atoms with Crippen LogP contribution in [0.15, 0.2) is 58.0 Å². The molecule has 0 saturated carbocycles. The van der Waals surface area contributed by atoms with Gasteiger partial charge in [0.05, 0.1) is 19.1 Å². The predicted octanol–water partition coefficient (Wildman–Crippen LogP) is 2.68. The average Bonchev–Trinajstić information content (AvgIpc) is 3.08. The van der Waals surface area contributed by atoms with Gasteiger partial charge in [-0.3, -0.25) is 4.31 Å². The van der Waals surface area contributed by atoms with Crippen LogP contribution in [0.5, 0.6) is 5.75 Å². The van der Waals surface area contributed by atoms with Crippen molar-refractivity contribution in [3.05, 3.63) is 53.1 Å². The van der Waals surface area contributed by atoms with Crippen molar-refractivity contribution < 1.29 is 21.6 Å². The number of aromatic nitrogens is 1. The molecule has 0 aliphatic carbocycles. The van der Waals surface area contributed by atoms with Crippen molar-refractivity contribution in [3.8, 4) is 5.75 Å². The van der Waals surface area contributed by atoms with Gasteiger partial charge in [-0.25, -0.2) is 21.6 Å². The summed E-state index contributed by atoms with van der Waals surface area (Å²) in [6.07, 6.45) is 2.49. The lowest BCUT2D eigenvalue weighted by Crippen LogP contribution is -2.38. The first-order chi connectivity index (χ1) is 13.6. The number of anilines is 1. The molecule has 0 bridgehead atoms. The average molecular weight is 502 g/mol. The summed E-state index contributed by atoms with van der Waals surface area (Å²) in [5.41, 5.74) is 1.10. The molecule has 0 radical (unpaired) electrons. The topological polar surface area (TPSA) is 109 Å². The van der Waals surface area contributed by atoms with Crippen LogP contribution in [0.3, 0.4) is 0 Å². The van der Waals surface area contributed by atoms with Crippen LogP contribution in [-0.2, 0) is 20.0 Å². The molecule has 2 N–H and O–H groups in total. The summed E-state index contributed by atoms with van der Waals surface area (Å²) in [5.74, 6) is 0.591. The maximum absolute atomic E-state index is 12.7. The molecule has 0 amide bonds. The van der Waals surface area contributed by atoms with Crippen LogP contribution in [0, 0.1) is 0 Å². The number of nitrogens with one attached hydrogen (secondary N) is 2. The summed E-state index contributed by atoms with van der Waals surface area (Å²) >= 11 is 3.34. The Bertz CT molecular complexity index is 1220. The Labute approximate surface area is 178 Å². The second kappa shape index (κ2) is 8.34. The third-order valence-corrected chi connectivity index (χ3v) is 7.45. The smallest absolute Gasteiger partial charge is 0.242 e. The van der Waals surface area contributed by atoms with Gasteiger partial charge in [0.25, 0.3) is 0 Å². The summed E-state index contributed by atoms with van der Waals surface area (Å²) in [6.45, 7) is -0.154. The van der Waals surface area contributed by atoms with Crippen molar-refractivity contribution in [3.63, 3.8) is 0 Å². The SMILES string of the molecule is COc1ccc(N(CCNS(=O)(=O)c2c[nH]c3ccc(Br)cc23)S(C)(=O)=O)cc1. The molecule has 0 spiro atoms. The van der Waals surface area contributed by atoms with E-state index in [0.29, 0.717) is 22.3 Å². The zero-order chi connectivity index (χ0) is 21.2. The first kappa shape index (κ1) is 21.6. The van der Waals surface area contributed by atoms with Crippen molar-refractivity contribution >= 4 is 52.6 Å². The number of aromatic amines is 1. The third-order valence-electron chi connectivity index (χ3n) is 4.26. The highest BCUT2D eigenvalue weighted by atomic mass is 79.9. The summed E-state index contributed by atoms with van der Waals surface area (Å²) in [4.78, 5) is 3.02. The highest BCUT2D eigenvalue weighted by Crippen LogP contribution is 2.26. The van der Waals surface area contributed by atoms with E-state index in [1.54, 1.807) is 36.4 Å². The minimum absolute atomic E-state index is 0.0591. The second-order valence-corrected chi connectivity index (χ2v) is 10.8. The van der Waals surface area contributed by atoms with E-state index in [1.807, 2.05) is 6.07 Å². The molecule has 3 rings (SSSR count). The lowest BCUT2D eigenvalue weighted by atomic mass is 10.2. The largest absolute Gasteiger partial charge is 0.497 e. The van der Waals surface area contributed by atoms with Gasteiger partial charge in [-0.1, -0.05) is 15.9 Å². The molecule has 0 aliphatic rings. The zero-order valence-corrected chi connectivity index (χ0v) is 18.9. The molecule has 3 aromatic rings. The van der Waals surface area contributed by atoms with E-state index in [9.17, 15) is 16.8 Å². The maximum Gasteiger partial charge on any atom is 0.242 e. The van der Waals surface area contributed by atoms with Crippen LogP contribution in [0.1, 0.15) is 0 Å². The summed E-state index contributed by atoms with van der Waals surface area (Å²) in [7, 11) is -5.93. The summed E-state index contributed by atoms with van der Waals surface area (Å²) in [6, 6.07) is 11.8. The monoisotopic (exact) mass is 501 g/mol. The standard InChI is InChI=1S/C18H20BrN3O5S2/c1-27-15-6-4-14(5-7-15)22(28(2,23)24)10-9-21-29(25,26)18-12-20-17-8-3-13(19)11-16(17)18/h3-8,11-12,20-21H,9-10H2,1-2H3. The Morgan fingerprint density at radius 3 is 2.41 bits per heavy atom. The van der Waals surface area contributed by atoms with E-state index in [4.69, 9.17) is 4.74 Å². The molecule has 0 atom stereocenters. The fourth-order valence-electron chi connectivity index (χ4n) is 2.88. The zero-order valence-electron chi connectivity index (χ0n) is 15.7. The van der Waals surface area contributed by atoms with Crippen LogP contribution in [0.25, 0.3) is 10.9 Å². The van der Waals surface area contributed by atoms with Gasteiger partial charge in [-0.2, -0.15) is 0 Å². The fraction of sp³-hybridized carbons (Fsp3) is 0.222. The van der Waals surface area contributed by atoms with Gasteiger partial charge in [-0.15, -0.1) is 0 Å². The van der Waals surface area contributed by atoms with Crippen LogP contribution in [0.2, 0.25) is 0 Å². The molecule has 2 aromatic carbocycles. The Hall–Kier alpha value is -2.08. The van der Waals surface area contributed by atoms with Gasteiger partial charge in [0.2, 0.25) is 20.0 Å². The van der Waals surface area contributed by atoms with Crippen molar-refractivity contribution in [2.75, 3.05) is 30.8 Å². The Kier molecular flexibility index (Phi) is 6.22. The summed E-state index contributed by atoms with van der Waals surface area (Å²) in [5, 5.41) is 0.544. The number of H-pyrrole nitrogens is 1. The second-order valence-electron chi connectivity index (χ2n) is 6.27. The molecular formula is C18H20BrN3O5S2. The van der Waals surface area contributed by atoms with Gasteiger partial charge in [0.1, 0.15) is 10.6 Å².